The van der Waals surface area contributed by atoms with Crippen molar-refractivity contribution in [3.05, 3.63) is 33.3 Å². The zero-order valence-corrected chi connectivity index (χ0v) is 18.7. The van der Waals surface area contributed by atoms with E-state index in [0.717, 1.165) is 16.9 Å². The molecule has 0 amide bonds. The van der Waals surface area contributed by atoms with E-state index in [1.54, 1.807) is 7.11 Å². The number of aliphatic imine (C=N–C) groups is 1. The van der Waals surface area contributed by atoms with Crippen LogP contribution in [0.2, 0.25) is 5.15 Å². The first-order chi connectivity index (χ1) is 14.2. The highest BCUT2D eigenvalue weighted by atomic mass is 35.5. The molecule has 162 valence electrons. The molecular formula is C21H28ClN5O3. The standard InChI is InChI=1S/C21H28ClN5O3/c1-12(2)17(29-5)13(3)14(24-4)10-27-11-15(28)21(6-8-30-9-7-21)16-18(22)25-20(23)26-19(16)27/h4,6-11H2,1-3,5H3,(H2,23,25,26)/b14-13-. The molecule has 8 nitrogen and oxygen atoms in total. The van der Waals surface area contributed by atoms with Crippen molar-refractivity contribution in [3.63, 3.8) is 0 Å². The first kappa shape index (κ1) is 22.2. The molecule has 3 heterocycles. The van der Waals surface area contributed by atoms with Crippen molar-refractivity contribution in [2.45, 2.75) is 39.0 Å². The topological polar surface area (TPSA) is 103 Å². The van der Waals surface area contributed by atoms with Gasteiger partial charge in [-0.15, -0.1) is 0 Å². The van der Waals surface area contributed by atoms with Gasteiger partial charge in [0.15, 0.2) is 5.78 Å². The molecule has 0 aromatic carbocycles. The second-order valence-corrected chi connectivity index (χ2v) is 8.17. The maximum atomic E-state index is 13.4. The Labute approximate surface area is 181 Å². The number of ketones is 1. The van der Waals surface area contributed by atoms with Crippen LogP contribution in [0, 0.1) is 0 Å². The molecule has 0 saturated carbocycles. The van der Waals surface area contributed by atoms with E-state index in [-0.39, 0.29) is 23.4 Å². The molecule has 0 unspecified atom stereocenters. The summed E-state index contributed by atoms with van der Waals surface area (Å²) in [5.41, 5.74) is 8.35. The SMILES string of the molecule is C=N/C(CN1CC(=O)C2(CCOCC2)c2c(Cl)nc(N)nc21)=C(/C)C(OC)=C(C)C. The Morgan fingerprint density at radius 2 is 2.00 bits per heavy atom. The van der Waals surface area contributed by atoms with Crippen LogP contribution in [0.5, 0.6) is 0 Å². The van der Waals surface area contributed by atoms with Gasteiger partial charge in [-0.2, -0.15) is 4.98 Å². The van der Waals surface area contributed by atoms with Gasteiger partial charge in [0, 0.05) is 24.4 Å². The molecule has 30 heavy (non-hydrogen) atoms. The molecule has 9 heteroatoms. The molecule has 3 rings (SSSR count). The fraction of sp³-hybridized carbons (Fsp3) is 0.524. The Balaban J connectivity index is 2.11. The van der Waals surface area contributed by atoms with Gasteiger partial charge in [0.25, 0.3) is 0 Å². The largest absolute Gasteiger partial charge is 0.496 e. The maximum Gasteiger partial charge on any atom is 0.223 e. The van der Waals surface area contributed by atoms with E-state index < -0.39 is 5.41 Å². The van der Waals surface area contributed by atoms with E-state index in [4.69, 9.17) is 26.8 Å². The monoisotopic (exact) mass is 433 g/mol. The Kier molecular flexibility index (Phi) is 6.47. The summed E-state index contributed by atoms with van der Waals surface area (Å²) < 4.78 is 11.0. The smallest absolute Gasteiger partial charge is 0.223 e. The summed E-state index contributed by atoms with van der Waals surface area (Å²) in [6, 6.07) is 0. The molecule has 1 fully saturated rings. The van der Waals surface area contributed by atoms with Crippen LogP contribution in [0.25, 0.3) is 0 Å². The number of nitrogens with zero attached hydrogens (tertiary/aromatic N) is 4. The second kappa shape index (κ2) is 8.73. The number of aromatic nitrogens is 2. The van der Waals surface area contributed by atoms with Crippen molar-refractivity contribution in [2.24, 2.45) is 4.99 Å². The number of fused-ring (bicyclic) bond motifs is 2. The Morgan fingerprint density at radius 3 is 2.57 bits per heavy atom. The van der Waals surface area contributed by atoms with Crippen LogP contribution in [0.4, 0.5) is 11.8 Å². The maximum absolute atomic E-state index is 13.4. The highest BCUT2D eigenvalue weighted by Gasteiger charge is 2.49. The van der Waals surface area contributed by atoms with Crippen LogP contribution in [-0.4, -0.2) is 55.9 Å². The quantitative estimate of drug-likeness (QED) is 0.329. The van der Waals surface area contributed by atoms with Gasteiger partial charge >= 0.3 is 0 Å². The van der Waals surface area contributed by atoms with Crippen LogP contribution in [-0.2, 0) is 19.7 Å². The summed E-state index contributed by atoms with van der Waals surface area (Å²) in [5, 5.41) is 0.216. The lowest BCUT2D eigenvalue weighted by molar-refractivity contribution is -0.127. The van der Waals surface area contributed by atoms with Crippen molar-refractivity contribution in [2.75, 3.05) is 44.0 Å². The molecule has 2 aliphatic heterocycles. The Hall–Kier alpha value is -2.45. The van der Waals surface area contributed by atoms with Gasteiger partial charge < -0.3 is 20.1 Å². The minimum absolute atomic E-state index is 0.0657. The molecule has 0 bridgehead atoms. The summed E-state index contributed by atoms with van der Waals surface area (Å²) in [6.45, 7) is 11.0. The van der Waals surface area contributed by atoms with E-state index >= 15 is 0 Å². The van der Waals surface area contributed by atoms with Crippen LogP contribution in [0.3, 0.4) is 0 Å². The molecule has 0 aliphatic carbocycles. The van der Waals surface area contributed by atoms with Crippen molar-refractivity contribution in [3.8, 4) is 0 Å². The zero-order valence-electron chi connectivity index (χ0n) is 17.9. The number of nitrogen functional groups attached to an aromatic ring is 1. The third-order valence-electron chi connectivity index (χ3n) is 5.82. The molecule has 0 atom stereocenters. The predicted octanol–water partition coefficient (Wildman–Crippen LogP) is 3.06. The predicted molar refractivity (Wildman–Crippen MR) is 118 cm³/mol. The summed E-state index contributed by atoms with van der Waals surface area (Å²) in [4.78, 5) is 28.1. The number of methoxy groups -OCH3 is 1. The van der Waals surface area contributed by atoms with Gasteiger partial charge in [0.1, 0.15) is 16.7 Å². The number of halogens is 1. The van der Waals surface area contributed by atoms with Gasteiger partial charge in [-0.05, 0) is 45.9 Å². The first-order valence-corrected chi connectivity index (χ1v) is 10.2. The molecule has 1 aromatic heterocycles. The second-order valence-electron chi connectivity index (χ2n) is 7.81. The Bertz CT molecular complexity index is 931. The minimum atomic E-state index is -0.743. The number of Topliss-reactive ketones (excluding diaryl/α,β-unsaturated/α-hetero) is 1. The summed E-state index contributed by atoms with van der Waals surface area (Å²) >= 11 is 6.52. The summed E-state index contributed by atoms with van der Waals surface area (Å²) in [7, 11) is 1.62. The molecule has 2 N–H and O–H groups in total. The number of carbonyl (C=O) groups excluding carboxylic acids is 1. The zero-order chi connectivity index (χ0) is 22.1. The number of anilines is 2. The lowest BCUT2D eigenvalue weighted by Gasteiger charge is -2.44. The number of allylic oxidation sites excluding steroid dienone is 2. The minimum Gasteiger partial charge on any atom is -0.496 e. The molecular weight excluding hydrogens is 406 g/mol. The fourth-order valence-electron chi connectivity index (χ4n) is 4.33. The third-order valence-corrected chi connectivity index (χ3v) is 6.09. The lowest BCUT2D eigenvalue weighted by atomic mass is 9.69. The van der Waals surface area contributed by atoms with Crippen LogP contribution >= 0.6 is 11.6 Å². The van der Waals surface area contributed by atoms with E-state index in [1.807, 2.05) is 25.7 Å². The van der Waals surface area contributed by atoms with Crippen molar-refractivity contribution >= 4 is 35.9 Å². The van der Waals surface area contributed by atoms with Crippen molar-refractivity contribution in [1.82, 2.24) is 9.97 Å². The van der Waals surface area contributed by atoms with E-state index in [2.05, 4.69) is 21.7 Å². The average Bonchev–Trinajstić information content (AvgIpc) is 2.70. The number of carbonyl (C=O) groups is 1. The van der Waals surface area contributed by atoms with Crippen LogP contribution in [0.1, 0.15) is 39.2 Å². The van der Waals surface area contributed by atoms with Gasteiger partial charge in [0.05, 0.1) is 31.3 Å². The van der Waals surface area contributed by atoms with Gasteiger partial charge in [0.2, 0.25) is 5.95 Å². The number of hydrogen-bond donors (Lipinski definition) is 1. The van der Waals surface area contributed by atoms with Crippen molar-refractivity contribution in [1.29, 1.82) is 0 Å². The van der Waals surface area contributed by atoms with Gasteiger partial charge in [-0.1, -0.05) is 11.6 Å². The molecule has 1 spiro atoms. The average molecular weight is 434 g/mol. The van der Waals surface area contributed by atoms with Gasteiger partial charge in [-0.25, -0.2) is 4.98 Å². The highest BCUT2D eigenvalue weighted by Crippen LogP contribution is 2.46. The number of hydrogen-bond acceptors (Lipinski definition) is 8. The van der Waals surface area contributed by atoms with E-state index in [0.29, 0.717) is 49.7 Å². The third kappa shape index (κ3) is 3.81. The number of ether oxygens (including phenoxy) is 2. The number of nitrogens with two attached hydrogens (primary N) is 1. The summed E-state index contributed by atoms with van der Waals surface area (Å²) in [5.74, 6) is 1.45. The first-order valence-electron chi connectivity index (χ1n) is 9.83. The van der Waals surface area contributed by atoms with E-state index in [9.17, 15) is 4.79 Å². The molecule has 1 aromatic rings. The molecule has 1 saturated heterocycles. The lowest BCUT2D eigenvalue weighted by Crippen LogP contribution is -2.52. The van der Waals surface area contributed by atoms with Crippen molar-refractivity contribution < 1.29 is 14.3 Å². The molecule has 2 aliphatic rings. The Morgan fingerprint density at radius 1 is 1.33 bits per heavy atom. The van der Waals surface area contributed by atoms with Crippen LogP contribution < -0.4 is 10.6 Å². The fourth-order valence-corrected chi connectivity index (χ4v) is 4.68. The van der Waals surface area contributed by atoms with Gasteiger partial charge in [-0.3, -0.25) is 9.79 Å². The summed E-state index contributed by atoms with van der Waals surface area (Å²) in [6.07, 6.45) is 1.10. The normalized spacial score (nSPS) is 18.6. The van der Waals surface area contributed by atoms with Crippen LogP contribution in [0.15, 0.2) is 27.6 Å². The number of rotatable bonds is 5. The molecule has 0 radical (unpaired) electrons. The highest BCUT2D eigenvalue weighted by molar-refractivity contribution is 6.31. The van der Waals surface area contributed by atoms with E-state index in [1.165, 1.54) is 0 Å².